The maximum Gasteiger partial charge on any atom is 0.267 e. The van der Waals surface area contributed by atoms with Crippen LogP contribution in [0.2, 0.25) is 0 Å². The summed E-state index contributed by atoms with van der Waals surface area (Å²) >= 11 is 0. The SMILES string of the molecule is Cc1ccc(S(=O)(=O)n2ccc(C(=O)N[C@H]3CC[C@@H](Nc4nccc(N(C)C)n4)CC3)c2)cc1. The Bertz CT molecular complexity index is 1250. The Morgan fingerprint density at radius 1 is 1.03 bits per heavy atom. The Morgan fingerprint density at radius 3 is 2.38 bits per heavy atom. The number of anilines is 2. The summed E-state index contributed by atoms with van der Waals surface area (Å²) in [7, 11) is 0.140. The highest BCUT2D eigenvalue weighted by molar-refractivity contribution is 7.90. The van der Waals surface area contributed by atoms with Crippen molar-refractivity contribution in [2.75, 3.05) is 24.3 Å². The van der Waals surface area contributed by atoms with Gasteiger partial charge in [-0.15, -0.1) is 0 Å². The third kappa shape index (κ3) is 5.39. The van der Waals surface area contributed by atoms with Gasteiger partial charge in [0.1, 0.15) is 5.82 Å². The lowest BCUT2D eigenvalue weighted by Crippen LogP contribution is -2.40. The summed E-state index contributed by atoms with van der Waals surface area (Å²) in [5.74, 6) is 1.18. The van der Waals surface area contributed by atoms with Crippen LogP contribution in [0.5, 0.6) is 0 Å². The van der Waals surface area contributed by atoms with E-state index in [1.54, 1.807) is 30.5 Å². The summed E-state index contributed by atoms with van der Waals surface area (Å²) in [6.45, 7) is 1.90. The first-order chi connectivity index (χ1) is 16.2. The maximum atomic E-state index is 12.8. The topological polar surface area (TPSA) is 109 Å². The van der Waals surface area contributed by atoms with Crippen LogP contribution in [0.1, 0.15) is 41.6 Å². The molecule has 2 aromatic heterocycles. The van der Waals surface area contributed by atoms with Crippen LogP contribution in [0.25, 0.3) is 0 Å². The zero-order valence-electron chi connectivity index (χ0n) is 19.6. The van der Waals surface area contributed by atoms with E-state index in [9.17, 15) is 13.2 Å². The van der Waals surface area contributed by atoms with Crippen molar-refractivity contribution in [1.82, 2.24) is 19.3 Å². The number of hydrogen-bond donors (Lipinski definition) is 2. The normalized spacial score (nSPS) is 18.3. The minimum absolute atomic E-state index is 0.0385. The predicted octanol–water partition coefficient (Wildman–Crippen LogP) is 3.04. The second-order valence-electron chi connectivity index (χ2n) is 8.85. The van der Waals surface area contributed by atoms with Gasteiger partial charge in [0.05, 0.1) is 10.5 Å². The molecule has 0 bridgehead atoms. The summed E-state index contributed by atoms with van der Waals surface area (Å²) in [6, 6.07) is 10.3. The molecule has 34 heavy (non-hydrogen) atoms. The first kappa shape index (κ1) is 23.7. The Hall–Kier alpha value is -3.40. The third-order valence-electron chi connectivity index (χ3n) is 6.02. The van der Waals surface area contributed by atoms with E-state index >= 15 is 0 Å². The summed E-state index contributed by atoms with van der Waals surface area (Å²) < 4.78 is 26.7. The first-order valence-electron chi connectivity index (χ1n) is 11.3. The van der Waals surface area contributed by atoms with E-state index in [1.165, 1.54) is 18.5 Å². The lowest BCUT2D eigenvalue weighted by molar-refractivity contribution is 0.0926. The van der Waals surface area contributed by atoms with Crippen molar-refractivity contribution < 1.29 is 13.2 Å². The van der Waals surface area contributed by atoms with Gasteiger partial charge in [0.15, 0.2) is 0 Å². The lowest BCUT2D eigenvalue weighted by atomic mass is 9.91. The molecule has 1 aromatic carbocycles. The van der Waals surface area contributed by atoms with Crippen LogP contribution in [-0.2, 0) is 10.0 Å². The molecular formula is C24H30N6O3S. The van der Waals surface area contributed by atoms with Gasteiger partial charge in [-0.05, 0) is 56.9 Å². The molecule has 0 unspecified atom stereocenters. The number of benzene rings is 1. The minimum Gasteiger partial charge on any atom is -0.363 e. The zero-order chi connectivity index (χ0) is 24.3. The Labute approximate surface area is 200 Å². The smallest absolute Gasteiger partial charge is 0.267 e. The van der Waals surface area contributed by atoms with Gasteiger partial charge in [0, 0.05) is 44.8 Å². The maximum absolute atomic E-state index is 12.8. The van der Waals surface area contributed by atoms with Gasteiger partial charge < -0.3 is 15.5 Å². The van der Waals surface area contributed by atoms with E-state index < -0.39 is 10.0 Å². The second-order valence-corrected chi connectivity index (χ2v) is 10.7. The fourth-order valence-corrected chi connectivity index (χ4v) is 5.19. The molecule has 1 saturated carbocycles. The molecular weight excluding hydrogens is 452 g/mol. The molecule has 0 saturated heterocycles. The summed E-state index contributed by atoms with van der Waals surface area (Å²) in [6.07, 6.45) is 7.91. The fraction of sp³-hybridized carbons (Fsp3) is 0.375. The van der Waals surface area contributed by atoms with Crippen molar-refractivity contribution in [3.63, 3.8) is 0 Å². The summed E-state index contributed by atoms with van der Waals surface area (Å²) in [5, 5.41) is 6.43. The highest BCUT2D eigenvalue weighted by atomic mass is 32.2. The van der Waals surface area contributed by atoms with Crippen LogP contribution in [0.3, 0.4) is 0 Å². The van der Waals surface area contributed by atoms with Gasteiger partial charge in [-0.3, -0.25) is 4.79 Å². The molecule has 10 heteroatoms. The fourth-order valence-electron chi connectivity index (χ4n) is 3.99. The van der Waals surface area contributed by atoms with Crippen molar-refractivity contribution in [2.45, 2.75) is 49.6 Å². The van der Waals surface area contributed by atoms with Crippen molar-refractivity contribution >= 4 is 27.7 Å². The van der Waals surface area contributed by atoms with E-state index in [1.807, 2.05) is 32.0 Å². The van der Waals surface area contributed by atoms with Crippen LogP contribution in [0.4, 0.5) is 11.8 Å². The van der Waals surface area contributed by atoms with Gasteiger partial charge in [0.2, 0.25) is 5.95 Å². The van der Waals surface area contributed by atoms with Crippen LogP contribution in [-0.4, -0.2) is 54.4 Å². The molecule has 9 nitrogen and oxygen atoms in total. The van der Waals surface area contributed by atoms with Crippen LogP contribution in [0, 0.1) is 6.92 Å². The highest BCUT2D eigenvalue weighted by Gasteiger charge is 2.24. The Balaban J connectivity index is 1.32. The number of aromatic nitrogens is 3. The monoisotopic (exact) mass is 482 g/mol. The molecule has 0 spiro atoms. The Morgan fingerprint density at radius 2 is 1.71 bits per heavy atom. The lowest BCUT2D eigenvalue weighted by Gasteiger charge is -2.29. The number of aryl methyl sites for hydroxylation is 1. The highest BCUT2D eigenvalue weighted by Crippen LogP contribution is 2.22. The number of amides is 1. The molecule has 2 N–H and O–H groups in total. The number of carbonyl (C=O) groups excluding carboxylic acids is 1. The predicted molar refractivity (Wildman–Crippen MR) is 132 cm³/mol. The second kappa shape index (κ2) is 9.84. The van der Waals surface area contributed by atoms with Gasteiger partial charge in [-0.25, -0.2) is 17.4 Å². The van der Waals surface area contributed by atoms with Gasteiger partial charge >= 0.3 is 0 Å². The largest absolute Gasteiger partial charge is 0.363 e. The third-order valence-corrected chi connectivity index (χ3v) is 7.67. The molecule has 3 aromatic rings. The molecule has 0 radical (unpaired) electrons. The number of hydrogen-bond acceptors (Lipinski definition) is 7. The van der Waals surface area contributed by atoms with E-state index in [-0.39, 0.29) is 22.9 Å². The number of rotatable bonds is 7. The van der Waals surface area contributed by atoms with Crippen molar-refractivity contribution in [3.8, 4) is 0 Å². The van der Waals surface area contributed by atoms with Gasteiger partial charge in [0.25, 0.3) is 15.9 Å². The standard InChI is InChI=1S/C24H30N6O3S/c1-17-4-10-21(11-5-17)34(32,33)30-15-13-18(16-30)23(31)26-19-6-8-20(9-7-19)27-24-25-14-12-22(28-24)29(2)3/h4-5,10-16,19-20H,6-9H2,1-3H3,(H,26,31)(H,25,27,28)/t19-,20+. The molecule has 1 aliphatic carbocycles. The summed E-state index contributed by atoms with van der Waals surface area (Å²) in [4.78, 5) is 23.7. The Kier molecular flexibility index (Phi) is 6.87. The van der Waals surface area contributed by atoms with E-state index in [2.05, 4.69) is 20.6 Å². The van der Waals surface area contributed by atoms with Crippen molar-refractivity contribution in [1.29, 1.82) is 0 Å². The van der Waals surface area contributed by atoms with Gasteiger partial charge in [-0.2, -0.15) is 4.98 Å². The molecule has 2 heterocycles. The molecule has 1 fully saturated rings. The molecule has 0 aliphatic heterocycles. The quantitative estimate of drug-likeness (QED) is 0.533. The number of carbonyl (C=O) groups is 1. The first-order valence-corrected chi connectivity index (χ1v) is 12.7. The molecule has 180 valence electrons. The molecule has 1 amide bonds. The molecule has 1 aliphatic rings. The average Bonchev–Trinajstić information content (AvgIpc) is 3.32. The minimum atomic E-state index is -3.73. The van der Waals surface area contributed by atoms with Crippen molar-refractivity contribution in [3.05, 3.63) is 66.1 Å². The van der Waals surface area contributed by atoms with Crippen LogP contribution in [0.15, 0.2) is 59.9 Å². The van der Waals surface area contributed by atoms with E-state index in [0.29, 0.717) is 11.5 Å². The van der Waals surface area contributed by atoms with Crippen molar-refractivity contribution in [2.24, 2.45) is 0 Å². The van der Waals surface area contributed by atoms with Gasteiger partial charge in [-0.1, -0.05) is 17.7 Å². The summed E-state index contributed by atoms with van der Waals surface area (Å²) in [5.41, 5.74) is 1.30. The molecule has 0 atom stereocenters. The average molecular weight is 483 g/mol. The van der Waals surface area contributed by atoms with Crippen LogP contribution >= 0.6 is 0 Å². The molecule has 4 rings (SSSR count). The number of nitrogens with zero attached hydrogens (tertiary/aromatic N) is 4. The van der Waals surface area contributed by atoms with E-state index in [0.717, 1.165) is 41.0 Å². The van der Waals surface area contributed by atoms with Crippen LogP contribution < -0.4 is 15.5 Å². The zero-order valence-corrected chi connectivity index (χ0v) is 20.4. The van der Waals surface area contributed by atoms with E-state index in [4.69, 9.17) is 0 Å². The number of nitrogens with one attached hydrogen (secondary N) is 2.